The summed E-state index contributed by atoms with van der Waals surface area (Å²) < 4.78 is 9.04. The van der Waals surface area contributed by atoms with Gasteiger partial charge in [0.05, 0.1) is 6.54 Å². The zero-order valence-electron chi connectivity index (χ0n) is 12.1. The van der Waals surface area contributed by atoms with E-state index in [0.29, 0.717) is 11.7 Å². The Balaban J connectivity index is 2.09. The number of nitrogens with zero attached hydrogens (tertiary/aromatic N) is 3. The number of anilines is 1. The van der Waals surface area contributed by atoms with Crippen molar-refractivity contribution in [3.63, 3.8) is 0 Å². The van der Waals surface area contributed by atoms with E-state index >= 15 is 0 Å². The molecular weight excluding hydrogens is 296 g/mol. The molecule has 0 radical (unpaired) electrons. The zero-order chi connectivity index (χ0) is 15.7. The van der Waals surface area contributed by atoms with Crippen molar-refractivity contribution in [3.05, 3.63) is 6.33 Å². The Morgan fingerprint density at radius 1 is 1.52 bits per heavy atom. The minimum absolute atomic E-state index is 0.136. The van der Waals surface area contributed by atoms with Crippen LogP contribution < -0.4 is 10.2 Å². The average Bonchev–Trinajstić information content (AvgIpc) is 2.94. The summed E-state index contributed by atoms with van der Waals surface area (Å²) in [4.78, 5) is 29.3. The van der Waals surface area contributed by atoms with Crippen LogP contribution >= 0.6 is 11.5 Å². The number of alkyl carbamates (subject to hydrolysis) is 1. The molecule has 1 aliphatic heterocycles. The number of carbonyl (C=O) groups is 2. The fourth-order valence-electron chi connectivity index (χ4n) is 2.11. The van der Waals surface area contributed by atoms with Crippen molar-refractivity contribution >= 4 is 28.7 Å². The van der Waals surface area contributed by atoms with Gasteiger partial charge in [-0.3, -0.25) is 0 Å². The van der Waals surface area contributed by atoms with Crippen molar-refractivity contribution in [1.29, 1.82) is 0 Å². The number of aliphatic carboxylic acids is 1. The second kappa shape index (κ2) is 5.47. The summed E-state index contributed by atoms with van der Waals surface area (Å²) in [5.74, 6) is -1.08. The van der Waals surface area contributed by atoms with Gasteiger partial charge < -0.3 is 20.1 Å². The number of hydrogen-bond donors (Lipinski definition) is 2. The number of ether oxygens (including phenoxy) is 1. The predicted octanol–water partition coefficient (Wildman–Crippen LogP) is 1.10. The van der Waals surface area contributed by atoms with Crippen molar-refractivity contribution in [2.24, 2.45) is 0 Å². The summed E-state index contributed by atoms with van der Waals surface area (Å²) in [6, 6.07) is 0. The van der Waals surface area contributed by atoms with Gasteiger partial charge in [-0.15, -0.1) is 0 Å². The lowest BCUT2D eigenvalue weighted by Gasteiger charge is -2.28. The van der Waals surface area contributed by atoms with Crippen LogP contribution in [0.25, 0.3) is 0 Å². The first-order valence-electron chi connectivity index (χ1n) is 6.48. The van der Waals surface area contributed by atoms with Crippen LogP contribution in [0.2, 0.25) is 0 Å². The molecule has 1 aromatic heterocycles. The highest BCUT2D eigenvalue weighted by Crippen LogP contribution is 2.28. The number of carboxylic acid groups (broad SMARTS) is 1. The molecule has 1 fully saturated rings. The Morgan fingerprint density at radius 2 is 2.24 bits per heavy atom. The topological polar surface area (TPSA) is 105 Å². The fourth-order valence-corrected chi connectivity index (χ4v) is 2.66. The standard InChI is InChI=1S/C12H18N4O4S/c1-11(2,3)20-10(19)15-12(8(17)18)4-5-16(6-12)9-13-7-14-21-9/h7H,4-6H2,1-3H3,(H,15,19)(H,17,18). The van der Waals surface area contributed by atoms with Crippen molar-refractivity contribution in [1.82, 2.24) is 14.7 Å². The molecule has 1 atom stereocenters. The van der Waals surface area contributed by atoms with Crippen molar-refractivity contribution in [2.45, 2.75) is 38.3 Å². The van der Waals surface area contributed by atoms with Crippen LogP contribution in [-0.4, -0.2) is 50.8 Å². The first-order valence-corrected chi connectivity index (χ1v) is 7.25. The molecule has 0 saturated carbocycles. The number of aromatic nitrogens is 2. The second-order valence-electron chi connectivity index (χ2n) is 5.91. The quantitative estimate of drug-likeness (QED) is 0.860. The minimum atomic E-state index is -1.37. The molecule has 1 amide bonds. The van der Waals surface area contributed by atoms with Crippen LogP contribution in [0.3, 0.4) is 0 Å². The molecule has 0 aliphatic carbocycles. The van der Waals surface area contributed by atoms with E-state index in [0.717, 1.165) is 0 Å². The maximum absolute atomic E-state index is 11.9. The Labute approximate surface area is 126 Å². The lowest BCUT2D eigenvalue weighted by molar-refractivity contribution is -0.143. The summed E-state index contributed by atoms with van der Waals surface area (Å²) in [5, 5.41) is 12.6. The van der Waals surface area contributed by atoms with E-state index in [9.17, 15) is 14.7 Å². The highest BCUT2D eigenvalue weighted by Gasteiger charge is 2.47. The van der Waals surface area contributed by atoms with Crippen LogP contribution in [0, 0.1) is 0 Å². The van der Waals surface area contributed by atoms with Gasteiger partial charge in [0.25, 0.3) is 0 Å². The Bertz CT molecular complexity index is 528. The zero-order valence-corrected chi connectivity index (χ0v) is 12.9. The third-order valence-corrected chi connectivity index (χ3v) is 3.77. The monoisotopic (exact) mass is 314 g/mol. The number of rotatable bonds is 3. The lowest BCUT2D eigenvalue weighted by atomic mass is 9.99. The van der Waals surface area contributed by atoms with Gasteiger partial charge in [0.15, 0.2) is 5.54 Å². The Kier molecular flexibility index (Phi) is 4.04. The second-order valence-corrected chi connectivity index (χ2v) is 6.67. The van der Waals surface area contributed by atoms with E-state index in [1.165, 1.54) is 17.9 Å². The van der Waals surface area contributed by atoms with Gasteiger partial charge in [-0.25, -0.2) is 14.6 Å². The molecule has 21 heavy (non-hydrogen) atoms. The summed E-state index contributed by atoms with van der Waals surface area (Å²) in [6.45, 7) is 5.79. The normalized spacial score (nSPS) is 22.1. The van der Waals surface area contributed by atoms with Crippen molar-refractivity contribution in [3.8, 4) is 0 Å². The molecule has 2 heterocycles. The van der Waals surface area contributed by atoms with E-state index in [4.69, 9.17) is 4.74 Å². The maximum atomic E-state index is 11.9. The first kappa shape index (κ1) is 15.5. The summed E-state index contributed by atoms with van der Waals surface area (Å²) in [6.07, 6.45) is 0.965. The molecule has 1 aromatic rings. The van der Waals surface area contributed by atoms with E-state index in [1.54, 1.807) is 25.7 Å². The third kappa shape index (κ3) is 3.60. The summed E-state index contributed by atoms with van der Waals surface area (Å²) in [7, 11) is 0. The number of hydrogen-bond acceptors (Lipinski definition) is 7. The smallest absolute Gasteiger partial charge is 0.408 e. The van der Waals surface area contributed by atoms with Crippen molar-refractivity contribution < 1.29 is 19.4 Å². The highest BCUT2D eigenvalue weighted by atomic mass is 32.1. The molecule has 0 spiro atoms. The Hall–Kier alpha value is -1.90. The van der Waals surface area contributed by atoms with Crippen LogP contribution in [0.4, 0.5) is 9.93 Å². The SMILES string of the molecule is CC(C)(C)OC(=O)NC1(C(=O)O)CCN(c2ncns2)C1. The number of carbonyl (C=O) groups excluding carboxylic acids is 1. The largest absolute Gasteiger partial charge is 0.479 e. The van der Waals surface area contributed by atoms with Gasteiger partial charge in [0, 0.05) is 24.5 Å². The van der Waals surface area contributed by atoms with Crippen LogP contribution in [0.1, 0.15) is 27.2 Å². The van der Waals surface area contributed by atoms with Crippen LogP contribution in [0.15, 0.2) is 6.33 Å². The van der Waals surface area contributed by atoms with E-state index in [2.05, 4.69) is 14.7 Å². The number of carboxylic acids is 1. The van der Waals surface area contributed by atoms with E-state index < -0.39 is 23.2 Å². The van der Waals surface area contributed by atoms with Gasteiger partial charge in [0.2, 0.25) is 5.13 Å². The van der Waals surface area contributed by atoms with Gasteiger partial charge in [-0.1, -0.05) is 0 Å². The molecular formula is C12H18N4O4S. The van der Waals surface area contributed by atoms with Gasteiger partial charge >= 0.3 is 12.1 Å². The summed E-state index contributed by atoms with van der Waals surface area (Å²) in [5.41, 5.74) is -2.05. The number of amides is 1. The predicted molar refractivity (Wildman–Crippen MR) is 76.5 cm³/mol. The lowest BCUT2D eigenvalue weighted by Crippen LogP contribution is -2.57. The molecule has 116 valence electrons. The first-order chi connectivity index (χ1) is 9.72. The average molecular weight is 314 g/mol. The summed E-state index contributed by atoms with van der Waals surface area (Å²) >= 11 is 1.19. The molecule has 1 saturated heterocycles. The Morgan fingerprint density at radius 3 is 2.76 bits per heavy atom. The molecule has 1 aliphatic rings. The molecule has 2 rings (SSSR count). The van der Waals surface area contributed by atoms with Gasteiger partial charge in [-0.05, 0) is 20.8 Å². The van der Waals surface area contributed by atoms with E-state index in [-0.39, 0.29) is 13.0 Å². The minimum Gasteiger partial charge on any atom is -0.479 e. The van der Waals surface area contributed by atoms with Crippen molar-refractivity contribution in [2.75, 3.05) is 18.0 Å². The molecule has 0 aromatic carbocycles. The van der Waals surface area contributed by atoms with E-state index in [1.807, 2.05) is 0 Å². The highest BCUT2D eigenvalue weighted by molar-refractivity contribution is 7.09. The maximum Gasteiger partial charge on any atom is 0.408 e. The van der Waals surface area contributed by atoms with Crippen LogP contribution in [0.5, 0.6) is 0 Å². The molecule has 8 nitrogen and oxygen atoms in total. The van der Waals surface area contributed by atoms with Gasteiger partial charge in [0.1, 0.15) is 11.9 Å². The fraction of sp³-hybridized carbons (Fsp3) is 0.667. The molecule has 0 bridgehead atoms. The number of nitrogens with one attached hydrogen (secondary N) is 1. The molecule has 9 heteroatoms. The van der Waals surface area contributed by atoms with Gasteiger partial charge in [-0.2, -0.15) is 4.37 Å². The molecule has 1 unspecified atom stereocenters. The molecule has 2 N–H and O–H groups in total. The third-order valence-electron chi connectivity index (χ3n) is 3.04. The van der Waals surface area contributed by atoms with Crippen LogP contribution in [-0.2, 0) is 9.53 Å².